The Balaban J connectivity index is 1.95. The van der Waals surface area contributed by atoms with Crippen LogP contribution in [0.25, 0.3) is 21.5 Å². The van der Waals surface area contributed by atoms with Crippen LogP contribution < -0.4 is 0 Å². The zero-order valence-corrected chi connectivity index (χ0v) is 15.3. The first-order chi connectivity index (χ1) is 13.4. The van der Waals surface area contributed by atoms with Crippen molar-refractivity contribution in [2.24, 2.45) is 4.99 Å². The van der Waals surface area contributed by atoms with E-state index in [1.54, 1.807) is 30.3 Å². The van der Waals surface area contributed by atoms with E-state index in [1.165, 1.54) is 12.3 Å². The summed E-state index contributed by atoms with van der Waals surface area (Å²) < 4.78 is 32.8. The third kappa shape index (κ3) is 3.06. The summed E-state index contributed by atoms with van der Waals surface area (Å²) in [4.78, 5) is 3.93. The number of rotatable bonds is 3. The molecule has 0 unspecified atom stereocenters. The largest absolute Gasteiger partial charge is 0.507 e. The number of nitrogens with zero attached hydrogens (tertiary/aromatic N) is 1. The first-order valence-electron chi connectivity index (χ1n) is 8.33. The molecule has 0 atom stereocenters. The summed E-state index contributed by atoms with van der Waals surface area (Å²) in [6, 6.07) is 18.2. The van der Waals surface area contributed by atoms with Gasteiger partial charge >= 0.3 is 0 Å². The minimum absolute atomic E-state index is 0.0285. The van der Waals surface area contributed by atoms with Gasteiger partial charge in [-0.25, -0.2) is 0 Å². The number of benzene rings is 4. The van der Waals surface area contributed by atoms with E-state index in [2.05, 4.69) is 4.99 Å². The molecule has 0 aromatic heterocycles. The van der Waals surface area contributed by atoms with Crippen molar-refractivity contribution < 1.29 is 23.2 Å². The summed E-state index contributed by atoms with van der Waals surface area (Å²) >= 11 is 0. The van der Waals surface area contributed by atoms with Gasteiger partial charge in [-0.3, -0.25) is 9.55 Å². The molecule has 4 aromatic rings. The molecule has 4 aromatic carbocycles. The van der Waals surface area contributed by atoms with Crippen LogP contribution in [0.2, 0.25) is 0 Å². The van der Waals surface area contributed by atoms with E-state index in [9.17, 15) is 23.2 Å². The summed E-state index contributed by atoms with van der Waals surface area (Å²) in [6.45, 7) is 0. The molecule has 6 nitrogen and oxygen atoms in total. The molecular weight excluding hydrogens is 378 g/mol. The molecule has 0 aliphatic heterocycles. The van der Waals surface area contributed by atoms with E-state index in [0.29, 0.717) is 10.9 Å². The number of hydrogen-bond donors (Lipinski definition) is 3. The Morgan fingerprint density at radius 2 is 1.43 bits per heavy atom. The topological polar surface area (TPSA) is 107 Å². The fraction of sp³-hybridized carbons (Fsp3) is 0. The van der Waals surface area contributed by atoms with Crippen LogP contribution in [-0.4, -0.2) is 29.4 Å². The quantitative estimate of drug-likeness (QED) is 0.353. The Morgan fingerprint density at radius 1 is 0.786 bits per heavy atom. The van der Waals surface area contributed by atoms with Crippen molar-refractivity contribution in [1.29, 1.82) is 0 Å². The van der Waals surface area contributed by atoms with Crippen molar-refractivity contribution in [2.45, 2.75) is 4.90 Å². The maximum atomic E-state index is 11.7. The van der Waals surface area contributed by atoms with Crippen LogP contribution in [0.15, 0.2) is 76.6 Å². The van der Waals surface area contributed by atoms with Crippen LogP contribution in [0, 0.1) is 0 Å². The molecule has 0 fully saturated rings. The predicted molar refractivity (Wildman–Crippen MR) is 108 cm³/mol. The van der Waals surface area contributed by atoms with Crippen LogP contribution >= 0.6 is 0 Å². The average Bonchev–Trinajstić information content (AvgIpc) is 2.67. The average molecular weight is 393 g/mol. The van der Waals surface area contributed by atoms with Crippen LogP contribution in [-0.2, 0) is 10.1 Å². The van der Waals surface area contributed by atoms with Crippen LogP contribution in [0.5, 0.6) is 11.5 Å². The Bertz CT molecular complexity index is 1360. The lowest BCUT2D eigenvalue weighted by Gasteiger charge is -2.09. The molecule has 0 heterocycles. The van der Waals surface area contributed by atoms with E-state index in [-0.39, 0.29) is 16.8 Å². The first-order valence-corrected chi connectivity index (χ1v) is 9.77. The Labute approximate surface area is 160 Å². The second-order valence-electron chi connectivity index (χ2n) is 6.24. The van der Waals surface area contributed by atoms with Gasteiger partial charge in [0.1, 0.15) is 22.1 Å². The Kier molecular flexibility index (Phi) is 4.26. The van der Waals surface area contributed by atoms with Crippen molar-refractivity contribution in [2.75, 3.05) is 0 Å². The molecule has 0 spiro atoms. The molecule has 0 bridgehead atoms. The lowest BCUT2D eigenvalue weighted by molar-refractivity contribution is 0.469. The SMILES string of the molecule is O=S(=O)(O)c1cc(O)c(N=Cc2c(O)ccc3ccccc23)c2ccccc12. The molecule has 7 heteroatoms. The van der Waals surface area contributed by atoms with Crippen LogP contribution in [0.4, 0.5) is 5.69 Å². The van der Waals surface area contributed by atoms with Gasteiger partial charge in [0.05, 0.1) is 0 Å². The van der Waals surface area contributed by atoms with Gasteiger partial charge in [0.15, 0.2) is 0 Å². The molecular formula is C21H15NO5S. The van der Waals surface area contributed by atoms with Gasteiger partial charge in [0.2, 0.25) is 0 Å². The fourth-order valence-corrected chi connectivity index (χ4v) is 3.93. The summed E-state index contributed by atoms with van der Waals surface area (Å²) in [5.74, 6) is -0.372. The van der Waals surface area contributed by atoms with Gasteiger partial charge < -0.3 is 10.2 Å². The summed E-state index contributed by atoms with van der Waals surface area (Å²) in [6.07, 6.45) is 1.42. The zero-order valence-electron chi connectivity index (χ0n) is 14.4. The Morgan fingerprint density at radius 3 is 2.14 bits per heavy atom. The van der Waals surface area contributed by atoms with Gasteiger partial charge in [0.25, 0.3) is 10.1 Å². The van der Waals surface area contributed by atoms with E-state index in [0.717, 1.165) is 16.8 Å². The predicted octanol–water partition coefficient (Wildman–Crippen LogP) is 4.40. The van der Waals surface area contributed by atoms with Gasteiger partial charge in [-0.1, -0.05) is 54.6 Å². The van der Waals surface area contributed by atoms with E-state index >= 15 is 0 Å². The highest BCUT2D eigenvalue weighted by Gasteiger charge is 2.19. The van der Waals surface area contributed by atoms with Crippen molar-refractivity contribution in [3.05, 3.63) is 72.3 Å². The molecule has 0 aliphatic carbocycles. The number of phenols is 2. The lowest BCUT2D eigenvalue weighted by Crippen LogP contribution is -1.99. The molecule has 0 amide bonds. The molecule has 0 saturated carbocycles. The highest BCUT2D eigenvalue weighted by molar-refractivity contribution is 7.86. The van der Waals surface area contributed by atoms with Crippen molar-refractivity contribution in [3.8, 4) is 11.5 Å². The first kappa shape index (κ1) is 18.0. The number of fused-ring (bicyclic) bond motifs is 2. The van der Waals surface area contributed by atoms with Gasteiger partial charge in [0, 0.05) is 28.6 Å². The molecule has 0 aliphatic rings. The molecule has 28 heavy (non-hydrogen) atoms. The molecule has 3 N–H and O–H groups in total. The van der Waals surface area contributed by atoms with Gasteiger partial charge in [-0.05, 0) is 16.8 Å². The monoisotopic (exact) mass is 393 g/mol. The third-order valence-corrected chi connectivity index (χ3v) is 5.40. The maximum Gasteiger partial charge on any atom is 0.295 e. The lowest BCUT2D eigenvalue weighted by atomic mass is 10.0. The minimum Gasteiger partial charge on any atom is -0.507 e. The van der Waals surface area contributed by atoms with Crippen LogP contribution in [0.3, 0.4) is 0 Å². The third-order valence-electron chi connectivity index (χ3n) is 4.51. The van der Waals surface area contributed by atoms with Crippen molar-refractivity contribution in [1.82, 2.24) is 0 Å². The van der Waals surface area contributed by atoms with Crippen LogP contribution in [0.1, 0.15) is 5.56 Å². The minimum atomic E-state index is -4.52. The molecule has 0 radical (unpaired) electrons. The fourth-order valence-electron chi connectivity index (χ4n) is 3.21. The smallest absolute Gasteiger partial charge is 0.295 e. The zero-order chi connectivity index (χ0) is 19.9. The van der Waals surface area contributed by atoms with E-state index in [1.807, 2.05) is 24.3 Å². The van der Waals surface area contributed by atoms with E-state index < -0.39 is 20.8 Å². The second kappa shape index (κ2) is 6.63. The number of aliphatic imine (C=N–C) groups is 1. The summed E-state index contributed by atoms with van der Waals surface area (Å²) in [7, 11) is -4.52. The van der Waals surface area contributed by atoms with Crippen molar-refractivity contribution >= 4 is 43.6 Å². The normalized spacial score (nSPS) is 12.2. The number of hydrogen-bond acceptors (Lipinski definition) is 5. The van der Waals surface area contributed by atoms with E-state index in [4.69, 9.17) is 0 Å². The second-order valence-corrected chi connectivity index (χ2v) is 7.63. The molecule has 140 valence electrons. The molecule has 0 saturated heterocycles. The van der Waals surface area contributed by atoms with Crippen molar-refractivity contribution in [3.63, 3.8) is 0 Å². The van der Waals surface area contributed by atoms with Gasteiger partial charge in [-0.15, -0.1) is 0 Å². The standard InChI is InChI=1S/C21H15NO5S/c23-18-10-9-13-5-1-2-6-14(13)17(18)12-22-21-16-8-4-3-7-15(16)20(11-19(21)24)28(25,26)27/h1-12,23-24H,(H,25,26,27). The highest BCUT2D eigenvalue weighted by Crippen LogP contribution is 2.39. The maximum absolute atomic E-state index is 11.7. The summed E-state index contributed by atoms with van der Waals surface area (Å²) in [5.41, 5.74) is 0.607. The highest BCUT2D eigenvalue weighted by atomic mass is 32.2. The number of aromatic hydroxyl groups is 2. The molecule has 4 rings (SSSR count). The van der Waals surface area contributed by atoms with Gasteiger partial charge in [-0.2, -0.15) is 8.42 Å². The number of phenolic OH excluding ortho intramolecular Hbond substituents is 2. The Hall–Kier alpha value is -3.42. The summed E-state index contributed by atoms with van der Waals surface area (Å²) in [5, 5.41) is 22.9.